The van der Waals surface area contributed by atoms with Gasteiger partial charge in [-0.25, -0.2) is 4.98 Å². The SMILES string of the molecule is CCC1CN(C)CN(c2cc(=O)n(CC)cn2)C1. The Labute approximate surface area is 108 Å². The minimum Gasteiger partial charge on any atom is -0.343 e. The van der Waals surface area contributed by atoms with Crippen molar-refractivity contribution in [2.24, 2.45) is 5.92 Å². The summed E-state index contributed by atoms with van der Waals surface area (Å²) in [5, 5.41) is 0. The zero-order valence-corrected chi connectivity index (χ0v) is 11.5. The Morgan fingerprint density at radius 1 is 1.39 bits per heavy atom. The van der Waals surface area contributed by atoms with Gasteiger partial charge in [-0.2, -0.15) is 0 Å². The van der Waals surface area contributed by atoms with E-state index in [2.05, 4.69) is 28.8 Å². The number of nitrogens with zero attached hydrogens (tertiary/aromatic N) is 4. The standard InChI is InChI=1S/C13H22N4O/c1-4-11-7-15(3)10-17(8-11)12-6-13(18)16(5-2)9-14-12/h6,9,11H,4-5,7-8,10H2,1-3H3. The van der Waals surface area contributed by atoms with Crippen LogP contribution >= 0.6 is 0 Å². The molecule has 5 heteroatoms. The molecule has 1 fully saturated rings. The van der Waals surface area contributed by atoms with E-state index in [0.29, 0.717) is 12.5 Å². The van der Waals surface area contributed by atoms with Gasteiger partial charge < -0.3 is 4.90 Å². The number of anilines is 1. The molecule has 1 unspecified atom stereocenters. The molecule has 0 saturated carbocycles. The maximum absolute atomic E-state index is 11.8. The van der Waals surface area contributed by atoms with Gasteiger partial charge in [-0.05, 0) is 19.9 Å². The molecular weight excluding hydrogens is 228 g/mol. The summed E-state index contributed by atoms with van der Waals surface area (Å²) in [6.45, 7) is 7.79. The lowest BCUT2D eigenvalue weighted by Gasteiger charge is -2.38. The zero-order valence-electron chi connectivity index (χ0n) is 11.5. The third kappa shape index (κ3) is 2.72. The van der Waals surface area contributed by atoms with Crippen molar-refractivity contribution in [3.8, 4) is 0 Å². The highest BCUT2D eigenvalue weighted by Crippen LogP contribution is 2.18. The van der Waals surface area contributed by atoms with E-state index >= 15 is 0 Å². The van der Waals surface area contributed by atoms with Gasteiger partial charge in [0.15, 0.2) is 0 Å². The highest BCUT2D eigenvalue weighted by Gasteiger charge is 2.23. The maximum atomic E-state index is 11.8. The van der Waals surface area contributed by atoms with Gasteiger partial charge in [-0.15, -0.1) is 0 Å². The molecule has 100 valence electrons. The third-order valence-corrected chi connectivity index (χ3v) is 3.57. The number of rotatable bonds is 3. The molecule has 1 saturated heterocycles. The van der Waals surface area contributed by atoms with Gasteiger partial charge in [0.25, 0.3) is 5.56 Å². The molecule has 0 amide bonds. The van der Waals surface area contributed by atoms with Crippen molar-refractivity contribution in [1.29, 1.82) is 0 Å². The fourth-order valence-corrected chi connectivity index (χ4v) is 2.47. The molecule has 1 aromatic rings. The first-order valence-electron chi connectivity index (χ1n) is 6.64. The van der Waals surface area contributed by atoms with Crippen LogP contribution in [0.15, 0.2) is 17.2 Å². The fourth-order valence-electron chi connectivity index (χ4n) is 2.47. The van der Waals surface area contributed by atoms with E-state index in [1.54, 1.807) is 17.0 Å². The van der Waals surface area contributed by atoms with Crippen molar-refractivity contribution in [3.05, 3.63) is 22.7 Å². The minimum absolute atomic E-state index is 0.0313. The maximum Gasteiger partial charge on any atom is 0.255 e. The molecule has 0 N–H and O–H groups in total. The molecule has 1 aliphatic heterocycles. The van der Waals surface area contributed by atoms with Crippen LogP contribution in [0.25, 0.3) is 0 Å². The highest BCUT2D eigenvalue weighted by molar-refractivity contribution is 5.37. The van der Waals surface area contributed by atoms with E-state index in [9.17, 15) is 4.79 Å². The van der Waals surface area contributed by atoms with Gasteiger partial charge >= 0.3 is 0 Å². The predicted octanol–water partition coefficient (Wildman–Crippen LogP) is 0.999. The van der Waals surface area contributed by atoms with Gasteiger partial charge in [0, 0.05) is 25.7 Å². The molecule has 0 bridgehead atoms. The van der Waals surface area contributed by atoms with Gasteiger partial charge in [-0.3, -0.25) is 14.3 Å². The number of hydrogen-bond acceptors (Lipinski definition) is 4. The van der Waals surface area contributed by atoms with Crippen LogP contribution in [0.3, 0.4) is 0 Å². The molecule has 1 aromatic heterocycles. The highest BCUT2D eigenvalue weighted by atomic mass is 16.1. The van der Waals surface area contributed by atoms with Crippen LogP contribution in [0.5, 0.6) is 0 Å². The zero-order chi connectivity index (χ0) is 13.1. The minimum atomic E-state index is 0.0313. The van der Waals surface area contributed by atoms with E-state index in [1.807, 2.05) is 6.92 Å². The Morgan fingerprint density at radius 3 is 2.78 bits per heavy atom. The first-order valence-corrected chi connectivity index (χ1v) is 6.64. The van der Waals surface area contributed by atoms with E-state index in [-0.39, 0.29) is 5.56 Å². The number of aryl methyl sites for hydroxylation is 1. The predicted molar refractivity (Wildman–Crippen MR) is 72.8 cm³/mol. The quantitative estimate of drug-likeness (QED) is 0.802. The van der Waals surface area contributed by atoms with Crippen LogP contribution in [0.1, 0.15) is 20.3 Å². The Kier molecular flexibility index (Phi) is 4.01. The van der Waals surface area contributed by atoms with Gasteiger partial charge in [0.2, 0.25) is 0 Å². The van der Waals surface area contributed by atoms with E-state index in [1.165, 1.54) is 0 Å². The lowest BCUT2D eigenvalue weighted by molar-refractivity contribution is 0.225. The first kappa shape index (κ1) is 13.1. The fraction of sp³-hybridized carbons (Fsp3) is 0.692. The van der Waals surface area contributed by atoms with Crippen molar-refractivity contribution >= 4 is 5.82 Å². The van der Waals surface area contributed by atoms with Crippen molar-refractivity contribution in [2.45, 2.75) is 26.8 Å². The lowest BCUT2D eigenvalue weighted by Crippen LogP contribution is -2.48. The molecular formula is C13H22N4O. The summed E-state index contributed by atoms with van der Waals surface area (Å²) in [5.41, 5.74) is 0.0313. The van der Waals surface area contributed by atoms with Crippen molar-refractivity contribution < 1.29 is 0 Å². The molecule has 2 rings (SSSR count). The van der Waals surface area contributed by atoms with Gasteiger partial charge in [0.1, 0.15) is 5.82 Å². The monoisotopic (exact) mass is 250 g/mol. The Hall–Kier alpha value is -1.36. The van der Waals surface area contributed by atoms with Crippen LogP contribution in [-0.4, -0.2) is 41.3 Å². The molecule has 5 nitrogen and oxygen atoms in total. The van der Waals surface area contributed by atoms with Gasteiger partial charge in [-0.1, -0.05) is 13.3 Å². The summed E-state index contributed by atoms with van der Waals surface area (Å²) in [6, 6.07) is 1.65. The van der Waals surface area contributed by atoms with Gasteiger partial charge in [0.05, 0.1) is 13.0 Å². The summed E-state index contributed by atoms with van der Waals surface area (Å²) in [5.74, 6) is 1.45. The molecule has 0 spiro atoms. The molecule has 0 aromatic carbocycles. The molecule has 1 aliphatic rings. The average molecular weight is 250 g/mol. The second-order valence-corrected chi connectivity index (χ2v) is 5.05. The number of aromatic nitrogens is 2. The Morgan fingerprint density at radius 2 is 2.17 bits per heavy atom. The van der Waals surface area contributed by atoms with Crippen LogP contribution in [0.4, 0.5) is 5.82 Å². The Balaban J connectivity index is 2.20. The van der Waals surface area contributed by atoms with E-state index < -0.39 is 0 Å². The smallest absolute Gasteiger partial charge is 0.255 e. The van der Waals surface area contributed by atoms with Crippen molar-refractivity contribution in [3.63, 3.8) is 0 Å². The van der Waals surface area contributed by atoms with E-state index in [0.717, 1.165) is 32.0 Å². The molecule has 0 aliphatic carbocycles. The van der Waals surface area contributed by atoms with Crippen LogP contribution in [0, 0.1) is 5.92 Å². The molecule has 18 heavy (non-hydrogen) atoms. The first-order chi connectivity index (χ1) is 8.63. The second kappa shape index (κ2) is 5.52. The largest absolute Gasteiger partial charge is 0.343 e. The normalized spacial score (nSPS) is 21.3. The lowest BCUT2D eigenvalue weighted by atomic mass is 10.0. The summed E-state index contributed by atoms with van der Waals surface area (Å²) in [4.78, 5) is 20.7. The van der Waals surface area contributed by atoms with Crippen LogP contribution < -0.4 is 10.5 Å². The summed E-state index contributed by atoms with van der Waals surface area (Å²) >= 11 is 0. The van der Waals surface area contributed by atoms with Crippen molar-refractivity contribution in [1.82, 2.24) is 14.5 Å². The van der Waals surface area contributed by atoms with Crippen molar-refractivity contribution in [2.75, 3.05) is 31.7 Å². The van der Waals surface area contributed by atoms with Crippen LogP contribution in [0.2, 0.25) is 0 Å². The summed E-state index contributed by atoms with van der Waals surface area (Å²) in [7, 11) is 2.11. The Bertz CT molecular complexity index is 457. The second-order valence-electron chi connectivity index (χ2n) is 5.05. The molecule has 0 radical (unpaired) electrons. The van der Waals surface area contributed by atoms with E-state index in [4.69, 9.17) is 0 Å². The average Bonchev–Trinajstić information content (AvgIpc) is 2.37. The summed E-state index contributed by atoms with van der Waals surface area (Å²) in [6.07, 6.45) is 2.81. The third-order valence-electron chi connectivity index (χ3n) is 3.57. The number of hydrogen-bond donors (Lipinski definition) is 0. The molecule has 2 heterocycles. The molecule has 1 atom stereocenters. The topological polar surface area (TPSA) is 41.4 Å². The summed E-state index contributed by atoms with van der Waals surface area (Å²) < 4.78 is 1.62. The van der Waals surface area contributed by atoms with Crippen LogP contribution in [-0.2, 0) is 6.54 Å².